The highest BCUT2D eigenvalue weighted by molar-refractivity contribution is 9.10. The Kier molecular flexibility index (Phi) is 4.05. The summed E-state index contributed by atoms with van der Waals surface area (Å²) in [6.45, 7) is 1.45. The molecule has 1 aliphatic heterocycles. The van der Waals surface area contributed by atoms with Gasteiger partial charge in [-0.25, -0.2) is 0 Å². The van der Waals surface area contributed by atoms with Crippen molar-refractivity contribution in [3.63, 3.8) is 0 Å². The third-order valence-corrected chi connectivity index (χ3v) is 4.40. The van der Waals surface area contributed by atoms with Crippen molar-refractivity contribution >= 4 is 21.6 Å². The number of halogens is 1. The number of benzene rings is 1. The van der Waals surface area contributed by atoms with Crippen LogP contribution in [0, 0.1) is 16.0 Å². The Balaban J connectivity index is 1.64. The molecule has 1 N–H and O–H groups in total. The SMILES string of the molecule is O=[N+]([O-])c1cc(Br)cc(CNC2CCOC2C2CC2)c1. The maximum absolute atomic E-state index is 10.9. The second-order valence-electron chi connectivity index (χ2n) is 5.52. The van der Waals surface area contributed by atoms with Gasteiger partial charge in [0.05, 0.1) is 11.0 Å². The zero-order chi connectivity index (χ0) is 14.1. The van der Waals surface area contributed by atoms with Crippen LogP contribution in [0.4, 0.5) is 5.69 Å². The summed E-state index contributed by atoms with van der Waals surface area (Å²) < 4.78 is 6.52. The fourth-order valence-electron chi connectivity index (χ4n) is 2.81. The van der Waals surface area contributed by atoms with Crippen LogP contribution in [0.1, 0.15) is 24.8 Å². The molecule has 1 aromatic carbocycles. The fraction of sp³-hybridized carbons (Fsp3) is 0.571. The second kappa shape index (κ2) is 5.79. The van der Waals surface area contributed by atoms with Crippen molar-refractivity contribution in [2.24, 2.45) is 5.92 Å². The Labute approximate surface area is 126 Å². The monoisotopic (exact) mass is 340 g/mol. The zero-order valence-corrected chi connectivity index (χ0v) is 12.6. The standard InChI is InChI=1S/C14H17BrN2O3/c15-11-5-9(6-12(7-11)17(18)19)8-16-13-3-4-20-14(13)10-1-2-10/h5-7,10,13-14,16H,1-4,8H2. The third kappa shape index (κ3) is 3.19. The molecule has 6 heteroatoms. The first kappa shape index (κ1) is 14.0. The van der Waals surface area contributed by atoms with Crippen LogP contribution in [0.25, 0.3) is 0 Å². The number of nitrogens with one attached hydrogen (secondary N) is 1. The molecule has 1 heterocycles. The Hall–Kier alpha value is -0.980. The fourth-order valence-corrected chi connectivity index (χ4v) is 3.34. The highest BCUT2D eigenvalue weighted by atomic mass is 79.9. The molecule has 0 bridgehead atoms. The summed E-state index contributed by atoms with van der Waals surface area (Å²) in [5.41, 5.74) is 1.05. The topological polar surface area (TPSA) is 64.4 Å². The van der Waals surface area contributed by atoms with Crippen LogP contribution >= 0.6 is 15.9 Å². The third-order valence-electron chi connectivity index (χ3n) is 3.94. The molecule has 2 unspecified atom stereocenters. The van der Waals surface area contributed by atoms with Gasteiger partial charge in [-0.1, -0.05) is 15.9 Å². The van der Waals surface area contributed by atoms with Crippen LogP contribution in [0.5, 0.6) is 0 Å². The van der Waals surface area contributed by atoms with Gasteiger partial charge >= 0.3 is 0 Å². The van der Waals surface area contributed by atoms with Crippen LogP contribution in [-0.2, 0) is 11.3 Å². The van der Waals surface area contributed by atoms with Gasteiger partial charge in [0.15, 0.2) is 0 Å². The molecular weight excluding hydrogens is 324 g/mol. The van der Waals surface area contributed by atoms with E-state index in [0.717, 1.165) is 23.1 Å². The highest BCUT2D eigenvalue weighted by Gasteiger charge is 2.40. The predicted octanol–water partition coefficient (Wildman–Crippen LogP) is 3.01. The Morgan fingerprint density at radius 2 is 2.15 bits per heavy atom. The lowest BCUT2D eigenvalue weighted by molar-refractivity contribution is -0.385. The number of non-ortho nitro benzene ring substituents is 1. The molecule has 2 aliphatic rings. The molecule has 5 nitrogen and oxygen atoms in total. The minimum absolute atomic E-state index is 0.123. The van der Waals surface area contributed by atoms with Crippen molar-refractivity contribution in [2.45, 2.75) is 38.0 Å². The summed E-state index contributed by atoms with van der Waals surface area (Å²) in [4.78, 5) is 10.5. The van der Waals surface area contributed by atoms with E-state index in [0.29, 0.717) is 24.6 Å². The molecular formula is C14H17BrN2O3. The normalized spacial score (nSPS) is 25.9. The van der Waals surface area contributed by atoms with E-state index in [4.69, 9.17) is 4.74 Å². The molecule has 20 heavy (non-hydrogen) atoms. The van der Waals surface area contributed by atoms with Crippen molar-refractivity contribution < 1.29 is 9.66 Å². The van der Waals surface area contributed by atoms with Gasteiger partial charge in [0.25, 0.3) is 5.69 Å². The van der Waals surface area contributed by atoms with Gasteiger partial charge in [-0.3, -0.25) is 10.1 Å². The smallest absolute Gasteiger partial charge is 0.270 e. The number of hydrogen-bond donors (Lipinski definition) is 1. The largest absolute Gasteiger partial charge is 0.376 e. The number of nitro groups is 1. The van der Waals surface area contributed by atoms with Gasteiger partial charge in [-0.05, 0) is 36.8 Å². The molecule has 1 aliphatic carbocycles. The average molecular weight is 341 g/mol. The first-order chi connectivity index (χ1) is 9.63. The van der Waals surface area contributed by atoms with Crippen LogP contribution in [0.2, 0.25) is 0 Å². The number of rotatable bonds is 5. The molecule has 1 saturated carbocycles. The Bertz CT molecular complexity index is 519. The second-order valence-corrected chi connectivity index (χ2v) is 6.44. The molecule has 0 spiro atoms. The molecule has 108 valence electrons. The molecule has 0 aromatic heterocycles. The van der Waals surface area contributed by atoms with Gasteiger partial charge in [0, 0.05) is 35.8 Å². The van der Waals surface area contributed by atoms with Crippen LogP contribution in [-0.4, -0.2) is 23.7 Å². The summed E-state index contributed by atoms with van der Waals surface area (Å²) in [6, 6.07) is 5.44. The minimum atomic E-state index is -0.361. The lowest BCUT2D eigenvalue weighted by atomic mass is 10.1. The van der Waals surface area contributed by atoms with Crippen molar-refractivity contribution in [1.82, 2.24) is 5.32 Å². The van der Waals surface area contributed by atoms with Crippen LogP contribution in [0.3, 0.4) is 0 Å². The highest BCUT2D eigenvalue weighted by Crippen LogP contribution is 2.38. The van der Waals surface area contributed by atoms with Crippen LogP contribution < -0.4 is 5.32 Å². The number of hydrogen-bond acceptors (Lipinski definition) is 4. The predicted molar refractivity (Wildman–Crippen MR) is 78.5 cm³/mol. The van der Waals surface area contributed by atoms with E-state index in [1.165, 1.54) is 18.9 Å². The van der Waals surface area contributed by atoms with Crippen molar-refractivity contribution in [3.05, 3.63) is 38.3 Å². The molecule has 1 aromatic rings. The van der Waals surface area contributed by atoms with E-state index in [2.05, 4.69) is 21.2 Å². The number of ether oxygens (including phenoxy) is 1. The van der Waals surface area contributed by atoms with Crippen molar-refractivity contribution in [1.29, 1.82) is 0 Å². The summed E-state index contributed by atoms with van der Waals surface area (Å²) in [7, 11) is 0. The lowest BCUT2D eigenvalue weighted by Crippen LogP contribution is -2.37. The lowest BCUT2D eigenvalue weighted by Gasteiger charge is -2.19. The van der Waals surface area contributed by atoms with E-state index >= 15 is 0 Å². The summed E-state index contributed by atoms with van der Waals surface area (Å²) in [5, 5.41) is 14.4. The zero-order valence-electron chi connectivity index (χ0n) is 11.0. The molecule has 2 atom stereocenters. The van der Waals surface area contributed by atoms with E-state index in [-0.39, 0.29) is 10.6 Å². The maximum atomic E-state index is 10.9. The summed E-state index contributed by atoms with van der Waals surface area (Å²) >= 11 is 3.32. The molecule has 2 fully saturated rings. The first-order valence-corrected chi connectivity index (χ1v) is 7.71. The van der Waals surface area contributed by atoms with E-state index in [9.17, 15) is 10.1 Å². The van der Waals surface area contributed by atoms with E-state index in [1.807, 2.05) is 6.07 Å². The quantitative estimate of drug-likeness (QED) is 0.661. The molecule has 0 radical (unpaired) electrons. The molecule has 3 rings (SSSR count). The van der Waals surface area contributed by atoms with Gasteiger partial charge in [-0.2, -0.15) is 0 Å². The minimum Gasteiger partial charge on any atom is -0.376 e. The van der Waals surface area contributed by atoms with Gasteiger partial charge in [-0.15, -0.1) is 0 Å². The Morgan fingerprint density at radius 1 is 1.35 bits per heavy atom. The average Bonchev–Trinajstić information content (AvgIpc) is 3.15. The van der Waals surface area contributed by atoms with E-state index in [1.54, 1.807) is 6.07 Å². The Morgan fingerprint density at radius 3 is 2.85 bits per heavy atom. The number of nitro benzene ring substituents is 1. The van der Waals surface area contributed by atoms with Gasteiger partial charge in [0.2, 0.25) is 0 Å². The van der Waals surface area contributed by atoms with Crippen molar-refractivity contribution in [3.8, 4) is 0 Å². The van der Waals surface area contributed by atoms with E-state index < -0.39 is 0 Å². The number of nitrogens with zero attached hydrogens (tertiary/aromatic N) is 1. The van der Waals surface area contributed by atoms with Crippen molar-refractivity contribution in [2.75, 3.05) is 6.61 Å². The molecule has 0 amide bonds. The first-order valence-electron chi connectivity index (χ1n) is 6.92. The molecule has 1 saturated heterocycles. The van der Waals surface area contributed by atoms with Gasteiger partial charge < -0.3 is 10.1 Å². The van der Waals surface area contributed by atoms with Crippen LogP contribution in [0.15, 0.2) is 22.7 Å². The summed E-state index contributed by atoms with van der Waals surface area (Å²) in [5.74, 6) is 0.715. The van der Waals surface area contributed by atoms with Gasteiger partial charge in [0.1, 0.15) is 0 Å². The summed E-state index contributed by atoms with van der Waals surface area (Å²) in [6.07, 6.45) is 3.89. The maximum Gasteiger partial charge on any atom is 0.270 e.